The van der Waals surface area contributed by atoms with Gasteiger partial charge in [0.15, 0.2) is 0 Å². The number of nitrogens with zero attached hydrogens (tertiary/aromatic N) is 3. The molecule has 0 saturated heterocycles. The van der Waals surface area contributed by atoms with Gasteiger partial charge < -0.3 is 15.6 Å². The Hall–Kier alpha value is -2.11. The largest absolute Gasteiger partial charge is 0.384 e. The zero-order valence-corrected chi connectivity index (χ0v) is 8.97. The van der Waals surface area contributed by atoms with Crippen molar-refractivity contribution in [1.82, 2.24) is 15.1 Å². The minimum Gasteiger partial charge on any atom is -0.384 e. The van der Waals surface area contributed by atoms with Crippen LogP contribution in [0, 0.1) is 0 Å². The lowest BCUT2D eigenvalue weighted by Gasteiger charge is -2.05. The van der Waals surface area contributed by atoms with Gasteiger partial charge in [-0.25, -0.2) is 9.97 Å². The average molecular weight is 219 g/mol. The van der Waals surface area contributed by atoms with E-state index in [-0.39, 0.29) is 0 Å². The van der Waals surface area contributed by atoms with Crippen molar-refractivity contribution in [2.75, 3.05) is 11.1 Å². The van der Waals surface area contributed by atoms with Crippen LogP contribution in [-0.2, 0) is 13.0 Å². The van der Waals surface area contributed by atoms with Crippen LogP contribution < -0.4 is 11.1 Å². The second-order valence-corrected chi connectivity index (χ2v) is 3.29. The molecule has 6 nitrogen and oxygen atoms in total. The van der Waals surface area contributed by atoms with E-state index in [1.807, 2.05) is 6.92 Å². The summed E-state index contributed by atoms with van der Waals surface area (Å²) in [5, 5.41) is 6.89. The molecule has 2 heterocycles. The summed E-state index contributed by atoms with van der Waals surface area (Å²) in [6.07, 6.45) is 2.28. The minimum atomic E-state index is 0.467. The van der Waals surface area contributed by atoms with Crippen LogP contribution in [0.15, 0.2) is 22.9 Å². The molecule has 2 aromatic rings. The van der Waals surface area contributed by atoms with Crippen LogP contribution in [0.5, 0.6) is 0 Å². The second-order valence-electron chi connectivity index (χ2n) is 3.29. The van der Waals surface area contributed by atoms with E-state index in [4.69, 9.17) is 10.3 Å². The van der Waals surface area contributed by atoms with Crippen molar-refractivity contribution in [3.63, 3.8) is 0 Å². The van der Waals surface area contributed by atoms with E-state index >= 15 is 0 Å². The fourth-order valence-corrected chi connectivity index (χ4v) is 1.28. The first-order valence-electron chi connectivity index (χ1n) is 5.04. The third-order valence-corrected chi connectivity index (χ3v) is 2.05. The highest BCUT2D eigenvalue weighted by atomic mass is 16.5. The predicted molar refractivity (Wildman–Crippen MR) is 59.7 cm³/mol. The monoisotopic (exact) mass is 219 g/mol. The van der Waals surface area contributed by atoms with Gasteiger partial charge in [0.05, 0.1) is 6.54 Å². The number of rotatable bonds is 4. The highest BCUT2D eigenvalue weighted by molar-refractivity contribution is 5.44. The van der Waals surface area contributed by atoms with Gasteiger partial charge in [-0.15, -0.1) is 0 Å². The minimum absolute atomic E-state index is 0.467. The molecule has 0 aliphatic carbocycles. The predicted octanol–water partition coefficient (Wildman–Crippen LogP) is 1.22. The third kappa shape index (κ3) is 2.47. The highest BCUT2D eigenvalue weighted by Gasteiger charge is 2.02. The van der Waals surface area contributed by atoms with Gasteiger partial charge in [0.1, 0.15) is 29.4 Å². The van der Waals surface area contributed by atoms with Crippen molar-refractivity contribution in [3.8, 4) is 0 Å². The zero-order chi connectivity index (χ0) is 11.4. The van der Waals surface area contributed by atoms with Crippen molar-refractivity contribution >= 4 is 11.6 Å². The fraction of sp³-hybridized carbons (Fsp3) is 0.300. The Labute approximate surface area is 92.9 Å². The van der Waals surface area contributed by atoms with E-state index in [1.54, 1.807) is 12.1 Å². The first-order valence-corrected chi connectivity index (χ1v) is 5.04. The van der Waals surface area contributed by atoms with Crippen molar-refractivity contribution in [2.24, 2.45) is 0 Å². The molecule has 6 heteroatoms. The number of nitrogens with one attached hydrogen (secondary N) is 1. The van der Waals surface area contributed by atoms with Crippen LogP contribution in [0.4, 0.5) is 11.6 Å². The maximum atomic E-state index is 5.66. The summed E-state index contributed by atoms with van der Waals surface area (Å²) in [5.74, 6) is 1.89. The highest BCUT2D eigenvalue weighted by Crippen LogP contribution is 2.09. The molecule has 3 N–H and O–H groups in total. The number of hydrogen-bond acceptors (Lipinski definition) is 6. The summed E-state index contributed by atoms with van der Waals surface area (Å²) >= 11 is 0. The van der Waals surface area contributed by atoms with Gasteiger partial charge >= 0.3 is 0 Å². The molecule has 0 aliphatic rings. The van der Waals surface area contributed by atoms with E-state index in [9.17, 15) is 0 Å². The van der Waals surface area contributed by atoms with E-state index in [0.717, 1.165) is 17.9 Å². The molecule has 0 aromatic carbocycles. The average Bonchev–Trinajstić information content (AvgIpc) is 2.78. The Morgan fingerprint density at radius 3 is 3.00 bits per heavy atom. The quantitative estimate of drug-likeness (QED) is 0.803. The summed E-state index contributed by atoms with van der Waals surface area (Å²) in [7, 11) is 0. The van der Waals surface area contributed by atoms with Crippen molar-refractivity contribution in [3.05, 3.63) is 29.9 Å². The maximum Gasteiger partial charge on any atom is 0.132 e. The number of anilines is 2. The molecule has 0 aliphatic heterocycles. The molecule has 16 heavy (non-hydrogen) atoms. The maximum absolute atomic E-state index is 5.66. The van der Waals surface area contributed by atoms with Crippen LogP contribution in [0.2, 0.25) is 0 Å². The lowest BCUT2D eigenvalue weighted by Crippen LogP contribution is -2.06. The Balaban J connectivity index is 2.06. The second kappa shape index (κ2) is 4.61. The van der Waals surface area contributed by atoms with E-state index in [1.165, 1.54) is 6.26 Å². The van der Waals surface area contributed by atoms with Gasteiger partial charge in [-0.05, 0) is 0 Å². The molecule has 84 valence electrons. The first-order chi connectivity index (χ1) is 7.78. The molecule has 0 atom stereocenters. The van der Waals surface area contributed by atoms with Gasteiger partial charge in [-0.1, -0.05) is 12.1 Å². The molecule has 2 rings (SSSR count). The van der Waals surface area contributed by atoms with Gasteiger partial charge in [0.25, 0.3) is 0 Å². The van der Waals surface area contributed by atoms with Gasteiger partial charge in [-0.2, -0.15) is 0 Å². The summed E-state index contributed by atoms with van der Waals surface area (Å²) < 4.78 is 4.72. The normalized spacial score (nSPS) is 10.3. The molecule has 0 amide bonds. The third-order valence-electron chi connectivity index (χ3n) is 2.05. The molecular formula is C10H13N5O. The number of aromatic nitrogens is 3. The molecule has 0 saturated carbocycles. The molecule has 0 bridgehead atoms. The smallest absolute Gasteiger partial charge is 0.132 e. The van der Waals surface area contributed by atoms with Gasteiger partial charge in [-0.3, -0.25) is 0 Å². The zero-order valence-electron chi connectivity index (χ0n) is 8.97. The lowest BCUT2D eigenvalue weighted by molar-refractivity contribution is 0.412. The number of nitrogens with two attached hydrogens (primary N) is 1. The van der Waals surface area contributed by atoms with Crippen molar-refractivity contribution < 1.29 is 4.52 Å². The summed E-state index contributed by atoms with van der Waals surface area (Å²) in [6, 6.07) is 3.48. The topological polar surface area (TPSA) is 89.9 Å². The van der Waals surface area contributed by atoms with Gasteiger partial charge in [0.2, 0.25) is 0 Å². The molecule has 0 fully saturated rings. The Morgan fingerprint density at radius 1 is 1.44 bits per heavy atom. The molecule has 0 radical (unpaired) electrons. The molecular weight excluding hydrogens is 206 g/mol. The lowest BCUT2D eigenvalue weighted by atomic mass is 10.4. The summed E-state index contributed by atoms with van der Waals surface area (Å²) in [4.78, 5) is 8.38. The fourth-order valence-electron chi connectivity index (χ4n) is 1.28. The SMILES string of the molecule is CCc1nc(N)cc(NCc2ccon2)n1. The van der Waals surface area contributed by atoms with Gasteiger partial charge in [0, 0.05) is 18.6 Å². The van der Waals surface area contributed by atoms with Crippen LogP contribution in [0.3, 0.4) is 0 Å². The number of hydrogen-bond donors (Lipinski definition) is 2. The summed E-state index contributed by atoms with van der Waals surface area (Å²) in [6.45, 7) is 2.53. The van der Waals surface area contributed by atoms with E-state index in [2.05, 4.69) is 20.4 Å². The van der Waals surface area contributed by atoms with Crippen molar-refractivity contribution in [2.45, 2.75) is 19.9 Å². The molecule has 2 aromatic heterocycles. The Morgan fingerprint density at radius 2 is 2.31 bits per heavy atom. The Kier molecular flexibility index (Phi) is 3.00. The van der Waals surface area contributed by atoms with E-state index < -0.39 is 0 Å². The number of aryl methyl sites for hydroxylation is 1. The van der Waals surface area contributed by atoms with Crippen LogP contribution in [-0.4, -0.2) is 15.1 Å². The summed E-state index contributed by atoms with van der Waals surface area (Å²) in [5.41, 5.74) is 6.47. The van der Waals surface area contributed by atoms with Crippen molar-refractivity contribution in [1.29, 1.82) is 0 Å². The first kappa shape index (κ1) is 10.4. The molecule has 0 spiro atoms. The van der Waals surface area contributed by atoms with Crippen LogP contribution in [0.1, 0.15) is 18.4 Å². The van der Waals surface area contributed by atoms with E-state index in [0.29, 0.717) is 18.2 Å². The Bertz CT molecular complexity index is 454. The van der Waals surface area contributed by atoms with Crippen LogP contribution >= 0.6 is 0 Å². The number of nitrogen functional groups attached to an aromatic ring is 1. The van der Waals surface area contributed by atoms with Crippen LogP contribution in [0.25, 0.3) is 0 Å². The standard InChI is InChI=1S/C10H13N5O/c1-2-9-13-8(11)5-10(14-9)12-6-7-3-4-16-15-7/h3-5H,2,6H2,1H3,(H3,11,12,13,14). The molecule has 0 unspecified atom stereocenters.